The average Bonchev–Trinajstić information content (AvgIpc) is 3.03. The molecule has 4 rings (SSSR count). The number of esters is 2. The second kappa shape index (κ2) is 6.86. The molecule has 1 heterocycles. The first kappa shape index (κ1) is 16.7. The molecular weight excluding hydrogens is 343 g/mol. The number of carbonyl (C=O) groups excluding carboxylic acids is 2. The summed E-state index contributed by atoms with van der Waals surface area (Å²) in [7, 11) is -2.79. The van der Waals surface area contributed by atoms with Crippen LogP contribution >= 0.6 is 7.26 Å². The fraction of sp³-hybridized carbons (Fsp3) is 0.0909. The molecule has 130 valence electrons. The van der Waals surface area contributed by atoms with Crippen molar-refractivity contribution >= 4 is 35.1 Å². The normalized spacial score (nSPS) is 17.8. The Bertz CT molecular complexity index is 827. The van der Waals surface area contributed by atoms with Crippen LogP contribution in [0.15, 0.2) is 91.0 Å². The van der Waals surface area contributed by atoms with Gasteiger partial charge in [0, 0.05) is 0 Å². The van der Waals surface area contributed by atoms with Crippen molar-refractivity contribution in [3.05, 3.63) is 91.0 Å². The van der Waals surface area contributed by atoms with Gasteiger partial charge in [0.1, 0.15) is 0 Å². The van der Waals surface area contributed by atoms with Crippen LogP contribution in [-0.4, -0.2) is 17.6 Å². The Morgan fingerprint density at radius 2 is 1.04 bits per heavy atom. The van der Waals surface area contributed by atoms with Crippen molar-refractivity contribution in [2.75, 3.05) is 0 Å². The van der Waals surface area contributed by atoms with Gasteiger partial charge in [0.15, 0.2) is 0 Å². The summed E-state index contributed by atoms with van der Waals surface area (Å²) in [4.78, 5) is 24.7. The van der Waals surface area contributed by atoms with Gasteiger partial charge in [0.25, 0.3) is 0 Å². The van der Waals surface area contributed by atoms with E-state index in [9.17, 15) is 9.59 Å². The molecule has 4 heteroatoms. The number of ether oxygens (including phenoxy) is 1. The quantitative estimate of drug-likeness (QED) is 0.407. The number of cyclic esters (lactones) is 2. The summed E-state index contributed by atoms with van der Waals surface area (Å²) in [6.07, 6.45) is 0.129. The topological polar surface area (TPSA) is 43.4 Å². The van der Waals surface area contributed by atoms with E-state index < -0.39 is 24.9 Å². The SMILES string of the molecule is O=C1CC([PH](c2ccccc2)(c2ccccc2)c2ccccc2)C(=O)O1. The van der Waals surface area contributed by atoms with Gasteiger partial charge in [-0.3, -0.25) is 0 Å². The standard InChI is InChI=1S/C22H19O3P/c23-21-16-20(22(24)25-21)26(17-10-4-1-5-11-17,18-12-6-2-7-13-18)19-14-8-3-9-15-19/h1-15,20,26H,16H2. The fourth-order valence-corrected chi connectivity index (χ4v) is 9.26. The van der Waals surface area contributed by atoms with E-state index in [1.165, 1.54) is 0 Å². The summed E-state index contributed by atoms with van der Waals surface area (Å²) < 4.78 is 5.00. The second-order valence-corrected chi connectivity index (χ2v) is 10.5. The van der Waals surface area contributed by atoms with E-state index in [2.05, 4.69) is 36.4 Å². The summed E-state index contributed by atoms with van der Waals surface area (Å²) in [6, 6.07) is 30.3. The van der Waals surface area contributed by atoms with Crippen LogP contribution in [0.25, 0.3) is 0 Å². The first-order valence-electron chi connectivity index (χ1n) is 8.64. The summed E-state index contributed by atoms with van der Waals surface area (Å²) >= 11 is 0. The van der Waals surface area contributed by atoms with Crippen molar-refractivity contribution in [3.8, 4) is 0 Å². The van der Waals surface area contributed by atoms with Crippen LogP contribution in [0.2, 0.25) is 0 Å². The van der Waals surface area contributed by atoms with Crippen LogP contribution in [0.5, 0.6) is 0 Å². The minimum absolute atomic E-state index is 0.129. The predicted octanol–water partition coefficient (Wildman–Crippen LogP) is 2.55. The van der Waals surface area contributed by atoms with E-state index >= 15 is 0 Å². The summed E-state index contributed by atoms with van der Waals surface area (Å²) in [6.45, 7) is 0. The van der Waals surface area contributed by atoms with E-state index in [1.807, 2.05) is 54.6 Å². The van der Waals surface area contributed by atoms with Crippen molar-refractivity contribution < 1.29 is 14.3 Å². The Labute approximate surface area is 153 Å². The molecule has 0 amide bonds. The van der Waals surface area contributed by atoms with E-state index in [0.29, 0.717) is 0 Å². The molecule has 1 aliphatic rings. The molecule has 0 radical (unpaired) electrons. The maximum atomic E-state index is 12.7. The van der Waals surface area contributed by atoms with Gasteiger partial charge in [-0.1, -0.05) is 0 Å². The maximum absolute atomic E-state index is 12.7. The fourth-order valence-electron chi connectivity index (χ4n) is 4.01. The third kappa shape index (κ3) is 2.65. The molecule has 0 aromatic heterocycles. The monoisotopic (exact) mass is 362 g/mol. The van der Waals surface area contributed by atoms with Gasteiger partial charge >= 0.3 is 153 Å². The number of benzene rings is 3. The Balaban J connectivity index is 2.07. The van der Waals surface area contributed by atoms with Crippen LogP contribution in [0.4, 0.5) is 0 Å². The third-order valence-corrected chi connectivity index (χ3v) is 10.3. The van der Waals surface area contributed by atoms with Crippen molar-refractivity contribution in [1.29, 1.82) is 0 Å². The molecule has 0 aliphatic carbocycles. The molecule has 0 spiro atoms. The van der Waals surface area contributed by atoms with Crippen molar-refractivity contribution in [3.63, 3.8) is 0 Å². The van der Waals surface area contributed by atoms with Gasteiger partial charge in [0.05, 0.1) is 0 Å². The molecule has 0 saturated carbocycles. The average molecular weight is 362 g/mol. The van der Waals surface area contributed by atoms with Crippen LogP contribution in [0.1, 0.15) is 6.42 Å². The van der Waals surface area contributed by atoms with Crippen LogP contribution < -0.4 is 15.9 Å². The first-order chi connectivity index (χ1) is 12.7. The van der Waals surface area contributed by atoms with E-state index in [0.717, 1.165) is 15.9 Å². The zero-order valence-electron chi connectivity index (χ0n) is 14.2. The summed E-state index contributed by atoms with van der Waals surface area (Å²) in [5.41, 5.74) is -0.470. The molecule has 1 saturated heterocycles. The molecule has 26 heavy (non-hydrogen) atoms. The number of hydrogen-bond acceptors (Lipinski definition) is 3. The van der Waals surface area contributed by atoms with Crippen LogP contribution in [-0.2, 0) is 14.3 Å². The van der Waals surface area contributed by atoms with E-state index in [4.69, 9.17) is 4.74 Å². The molecule has 1 fully saturated rings. The Morgan fingerprint density at radius 3 is 1.35 bits per heavy atom. The van der Waals surface area contributed by atoms with Crippen LogP contribution in [0, 0.1) is 0 Å². The van der Waals surface area contributed by atoms with Gasteiger partial charge in [-0.2, -0.15) is 0 Å². The molecule has 3 aromatic carbocycles. The third-order valence-electron chi connectivity index (χ3n) is 5.08. The van der Waals surface area contributed by atoms with E-state index in [-0.39, 0.29) is 6.42 Å². The summed E-state index contributed by atoms with van der Waals surface area (Å²) in [5.74, 6) is -0.835. The Morgan fingerprint density at radius 1 is 0.654 bits per heavy atom. The predicted molar refractivity (Wildman–Crippen MR) is 106 cm³/mol. The van der Waals surface area contributed by atoms with Crippen molar-refractivity contribution in [1.82, 2.24) is 0 Å². The molecule has 1 atom stereocenters. The van der Waals surface area contributed by atoms with Crippen molar-refractivity contribution in [2.24, 2.45) is 0 Å². The Hall–Kier alpha value is -2.77. The number of hydrogen-bond donors (Lipinski definition) is 0. The minimum atomic E-state index is -2.79. The van der Waals surface area contributed by atoms with Gasteiger partial charge in [-0.15, -0.1) is 0 Å². The molecule has 0 bridgehead atoms. The molecular formula is C22H19O3P. The number of rotatable bonds is 4. The second-order valence-electron chi connectivity index (χ2n) is 6.46. The van der Waals surface area contributed by atoms with Crippen LogP contribution in [0.3, 0.4) is 0 Å². The molecule has 0 N–H and O–H groups in total. The molecule has 1 unspecified atom stereocenters. The van der Waals surface area contributed by atoms with Crippen molar-refractivity contribution in [2.45, 2.75) is 12.1 Å². The number of carbonyl (C=O) groups is 2. The van der Waals surface area contributed by atoms with Gasteiger partial charge in [-0.25, -0.2) is 0 Å². The van der Waals surface area contributed by atoms with Gasteiger partial charge in [0.2, 0.25) is 0 Å². The summed E-state index contributed by atoms with van der Waals surface area (Å²) in [5, 5.41) is 3.32. The van der Waals surface area contributed by atoms with Gasteiger partial charge in [-0.05, 0) is 0 Å². The molecule has 3 nitrogen and oxygen atoms in total. The molecule has 1 aliphatic heterocycles. The zero-order valence-corrected chi connectivity index (χ0v) is 15.2. The Kier molecular flexibility index (Phi) is 4.40. The molecule has 3 aromatic rings. The van der Waals surface area contributed by atoms with E-state index in [1.54, 1.807) is 0 Å². The first-order valence-corrected chi connectivity index (χ1v) is 10.7. The van der Waals surface area contributed by atoms with Gasteiger partial charge < -0.3 is 0 Å². The zero-order chi connectivity index (χ0) is 18.0.